The van der Waals surface area contributed by atoms with Gasteiger partial charge in [-0.05, 0) is 42.2 Å². The molecule has 0 aliphatic rings. The molecule has 0 radical (unpaired) electrons. The number of carboxylic acid groups (broad SMARTS) is 1. The molecule has 0 heterocycles. The lowest BCUT2D eigenvalue weighted by Crippen LogP contribution is -2.21. The molecule has 4 heteroatoms. The van der Waals surface area contributed by atoms with E-state index in [0.29, 0.717) is 24.5 Å². The second kappa shape index (κ2) is 7.91. The Morgan fingerprint density at radius 1 is 1.04 bits per heavy atom. The maximum atomic E-state index is 10.9. The largest absolute Gasteiger partial charge is 0.507 e. The van der Waals surface area contributed by atoms with Crippen LogP contribution in [0.25, 0.3) is 0 Å². The normalized spacial score (nSPS) is 12.2. The Kier molecular flexibility index (Phi) is 6.70. The molecule has 24 heavy (non-hydrogen) atoms. The van der Waals surface area contributed by atoms with E-state index in [1.165, 1.54) is 0 Å². The molecule has 0 bridgehead atoms. The van der Waals surface area contributed by atoms with Gasteiger partial charge < -0.3 is 14.9 Å². The van der Waals surface area contributed by atoms with Gasteiger partial charge in [0.05, 0.1) is 6.61 Å². The SMILES string of the molecule is CCC(C)(C)c1cc(OCCCC(=O)O)cc(C(C)(C)CC)c1O. The Morgan fingerprint density at radius 2 is 1.50 bits per heavy atom. The number of carbonyl (C=O) groups is 1. The number of phenolic OH excluding ortho intramolecular Hbond substituents is 1. The van der Waals surface area contributed by atoms with Crippen LogP contribution in [-0.2, 0) is 15.6 Å². The Bertz CT molecular complexity index is 536. The highest BCUT2D eigenvalue weighted by atomic mass is 16.5. The molecule has 0 atom stereocenters. The third-order valence-electron chi connectivity index (χ3n) is 5.11. The van der Waals surface area contributed by atoms with Crippen LogP contribution in [0.15, 0.2) is 12.1 Å². The number of hydrogen-bond acceptors (Lipinski definition) is 3. The third-order valence-corrected chi connectivity index (χ3v) is 5.11. The van der Waals surface area contributed by atoms with Gasteiger partial charge in [0, 0.05) is 17.5 Å². The highest BCUT2D eigenvalue weighted by Crippen LogP contribution is 2.44. The molecule has 0 aliphatic carbocycles. The van der Waals surface area contributed by atoms with Crippen LogP contribution in [0.5, 0.6) is 11.5 Å². The zero-order valence-corrected chi connectivity index (χ0v) is 15.9. The molecule has 0 saturated heterocycles. The van der Waals surface area contributed by atoms with Gasteiger partial charge in [0.25, 0.3) is 0 Å². The van der Waals surface area contributed by atoms with Crippen molar-refractivity contribution in [3.63, 3.8) is 0 Å². The summed E-state index contributed by atoms with van der Waals surface area (Å²) in [4.78, 5) is 10.6. The summed E-state index contributed by atoms with van der Waals surface area (Å²) >= 11 is 0. The van der Waals surface area contributed by atoms with E-state index < -0.39 is 5.97 Å². The first-order chi connectivity index (χ1) is 11.0. The van der Waals surface area contributed by atoms with Crippen molar-refractivity contribution in [3.8, 4) is 11.5 Å². The molecule has 0 aliphatic heterocycles. The second-order valence-electron chi connectivity index (χ2n) is 7.69. The number of hydrogen-bond donors (Lipinski definition) is 2. The van der Waals surface area contributed by atoms with Crippen LogP contribution in [0.4, 0.5) is 0 Å². The van der Waals surface area contributed by atoms with Crippen LogP contribution in [0.2, 0.25) is 0 Å². The maximum Gasteiger partial charge on any atom is 0.303 e. The average Bonchev–Trinajstić information content (AvgIpc) is 2.52. The number of rotatable bonds is 9. The molecule has 0 fully saturated rings. The predicted octanol–water partition coefficient (Wildman–Crippen LogP) is 5.01. The summed E-state index contributed by atoms with van der Waals surface area (Å²) in [7, 11) is 0. The highest BCUT2D eigenvalue weighted by Gasteiger charge is 2.30. The Hall–Kier alpha value is -1.71. The van der Waals surface area contributed by atoms with Crippen molar-refractivity contribution in [2.24, 2.45) is 0 Å². The molecule has 2 N–H and O–H groups in total. The van der Waals surface area contributed by atoms with Crippen LogP contribution in [0, 0.1) is 0 Å². The lowest BCUT2D eigenvalue weighted by Gasteiger charge is -2.31. The standard InChI is InChI=1S/C20H32O4/c1-7-19(3,4)15-12-14(24-11-9-10-17(21)22)13-16(18(15)23)20(5,6)8-2/h12-13,23H,7-11H2,1-6H3,(H,21,22). The second-order valence-corrected chi connectivity index (χ2v) is 7.69. The molecule has 0 saturated carbocycles. The summed E-state index contributed by atoms with van der Waals surface area (Å²) in [5, 5.41) is 19.6. The quantitative estimate of drug-likeness (QED) is 0.622. The first kappa shape index (κ1) is 20.3. The fraction of sp³-hybridized carbons (Fsp3) is 0.650. The zero-order valence-electron chi connectivity index (χ0n) is 15.9. The van der Waals surface area contributed by atoms with E-state index in [-0.39, 0.29) is 17.3 Å². The number of benzene rings is 1. The monoisotopic (exact) mass is 336 g/mol. The Morgan fingerprint density at radius 3 is 1.88 bits per heavy atom. The van der Waals surface area contributed by atoms with Crippen molar-refractivity contribution >= 4 is 5.97 Å². The molecule has 4 nitrogen and oxygen atoms in total. The van der Waals surface area contributed by atoms with Crippen molar-refractivity contribution in [3.05, 3.63) is 23.3 Å². The summed E-state index contributed by atoms with van der Waals surface area (Å²) in [6.07, 6.45) is 2.36. The maximum absolute atomic E-state index is 10.9. The summed E-state index contributed by atoms with van der Waals surface area (Å²) in [6.45, 7) is 13.0. The lowest BCUT2D eigenvalue weighted by molar-refractivity contribution is -0.137. The van der Waals surface area contributed by atoms with Crippen LogP contribution >= 0.6 is 0 Å². The zero-order chi connectivity index (χ0) is 18.5. The number of ether oxygens (including phenoxy) is 1. The highest BCUT2D eigenvalue weighted by molar-refractivity contribution is 5.66. The van der Waals surface area contributed by atoms with E-state index in [9.17, 15) is 9.90 Å². The molecule has 1 rings (SSSR count). The minimum Gasteiger partial charge on any atom is -0.507 e. The summed E-state index contributed by atoms with van der Waals surface area (Å²) in [5.74, 6) is 0.239. The van der Waals surface area contributed by atoms with E-state index in [4.69, 9.17) is 9.84 Å². The third kappa shape index (κ3) is 4.89. The lowest BCUT2D eigenvalue weighted by atomic mass is 9.75. The first-order valence-electron chi connectivity index (χ1n) is 8.77. The Labute approximate surface area is 145 Å². The first-order valence-corrected chi connectivity index (χ1v) is 8.77. The van der Waals surface area contributed by atoms with Crippen LogP contribution < -0.4 is 4.74 Å². The van der Waals surface area contributed by atoms with Gasteiger partial charge in [-0.1, -0.05) is 41.5 Å². The van der Waals surface area contributed by atoms with Gasteiger partial charge in [-0.2, -0.15) is 0 Å². The molecule has 0 unspecified atom stereocenters. The van der Waals surface area contributed by atoms with Crippen molar-refractivity contribution in [1.29, 1.82) is 0 Å². The predicted molar refractivity (Wildman–Crippen MR) is 97.1 cm³/mol. The number of aliphatic carboxylic acids is 1. The Balaban J connectivity index is 3.23. The van der Waals surface area contributed by atoms with Gasteiger partial charge >= 0.3 is 5.97 Å². The summed E-state index contributed by atoms with van der Waals surface area (Å²) in [5.41, 5.74) is 1.45. The van der Waals surface area contributed by atoms with Gasteiger partial charge in [0.1, 0.15) is 11.5 Å². The van der Waals surface area contributed by atoms with Gasteiger partial charge in [0.15, 0.2) is 0 Å². The van der Waals surface area contributed by atoms with E-state index >= 15 is 0 Å². The van der Waals surface area contributed by atoms with Gasteiger partial charge in [0.2, 0.25) is 0 Å². The molecular formula is C20H32O4. The van der Waals surface area contributed by atoms with Crippen molar-refractivity contribution < 1.29 is 19.7 Å². The molecule has 1 aromatic rings. The van der Waals surface area contributed by atoms with E-state index in [0.717, 1.165) is 24.0 Å². The average molecular weight is 336 g/mol. The molecule has 1 aromatic carbocycles. The fourth-order valence-corrected chi connectivity index (χ4v) is 2.52. The number of carboxylic acids is 1. The fourth-order valence-electron chi connectivity index (χ4n) is 2.52. The van der Waals surface area contributed by atoms with Gasteiger partial charge in [-0.3, -0.25) is 4.79 Å². The topological polar surface area (TPSA) is 66.8 Å². The number of phenols is 1. The van der Waals surface area contributed by atoms with E-state index in [1.807, 2.05) is 12.1 Å². The van der Waals surface area contributed by atoms with Crippen molar-refractivity contribution in [2.45, 2.75) is 78.1 Å². The molecule has 0 spiro atoms. The van der Waals surface area contributed by atoms with Gasteiger partial charge in [-0.25, -0.2) is 0 Å². The van der Waals surface area contributed by atoms with Crippen molar-refractivity contribution in [2.75, 3.05) is 6.61 Å². The van der Waals surface area contributed by atoms with Gasteiger partial charge in [-0.15, -0.1) is 0 Å². The number of aromatic hydroxyl groups is 1. The molecule has 0 aromatic heterocycles. The molecule has 0 amide bonds. The molecular weight excluding hydrogens is 304 g/mol. The minimum absolute atomic E-state index is 0.0959. The smallest absolute Gasteiger partial charge is 0.303 e. The van der Waals surface area contributed by atoms with Crippen LogP contribution in [-0.4, -0.2) is 22.8 Å². The van der Waals surface area contributed by atoms with Crippen molar-refractivity contribution in [1.82, 2.24) is 0 Å². The summed E-state index contributed by atoms with van der Waals surface area (Å²) in [6, 6.07) is 3.80. The summed E-state index contributed by atoms with van der Waals surface area (Å²) < 4.78 is 5.80. The molecule has 136 valence electrons. The van der Waals surface area contributed by atoms with E-state index in [1.54, 1.807) is 0 Å². The van der Waals surface area contributed by atoms with E-state index in [2.05, 4.69) is 41.5 Å². The van der Waals surface area contributed by atoms with Crippen LogP contribution in [0.1, 0.15) is 78.4 Å². The minimum atomic E-state index is -0.815. The van der Waals surface area contributed by atoms with Crippen LogP contribution in [0.3, 0.4) is 0 Å².